The Labute approximate surface area is 118 Å². The number of hydrogen-bond acceptors (Lipinski definition) is 4. The first kappa shape index (κ1) is 13.8. The molecule has 1 aromatic carbocycles. The van der Waals surface area contributed by atoms with Crippen molar-refractivity contribution in [1.82, 2.24) is 20.2 Å². The fraction of sp³-hybridized carbons (Fsp3) is 0.462. The molecule has 0 amide bonds. The lowest BCUT2D eigenvalue weighted by molar-refractivity contribution is 0.714. The highest BCUT2D eigenvalue weighted by Gasteiger charge is 2.13. The summed E-state index contributed by atoms with van der Waals surface area (Å²) in [6, 6.07) is 3.96. The quantitative estimate of drug-likeness (QED) is 0.855. The average Bonchev–Trinajstić information content (AvgIpc) is 2.80. The zero-order valence-corrected chi connectivity index (χ0v) is 12.2. The molecule has 0 saturated heterocycles. The van der Waals surface area contributed by atoms with Gasteiger partial charge in [0, 0.05) is 29.9 Å². The second-order valence-electron chi connectivity index (χ2n) is 4.55. The molecule has 0 aliphatic rings. The van der Waals surface area contributed by atoms with Gasteiger partial charge < -0.3 is 5.32 Å². The molecule has 0 spiro atoms. The summed E-state index contributed by atoms with van der Waals surface area (Å²) in [5.41, 5.74) is 2.97. The molecule has 0 atom stereocenters. The van der Waals surface area contributed by atoms with Gasteiger partial charge in [-0.3, -0.25) is 0 Å². The minimum Gasteiger partial charge on any atom is -0.384 e. The monoisotopic (exact) mass is 279 g/mol. The van der Waals surface area contributed by atoms with Crippen molar-refractivity contribution in [1.29, 1.82) is 0 Å². The highest BCUT2D eigenvalue weighted by Crippen LogP contribution is 2.31. The minimum atomic E-state index is 0.735. The highest BCUT2D eigenvalue weighted by molar-refractivity contribution is 6.31. The van der Waals surface area contributed by atoms with Gasteiger partial charge in [-0.15, -0.1) is 5.10 Å². The summed E-state index contributed by atoms with van der Waals surface area (Å²) < 4.78 is 1.66. The van der Waals surface area contributed by atoms with Crippen LogP contribution >= 0.6 is 11.6 Å². The maximum Gasteiger partial charge on any atom is 0.183 e. The van der Waals surface area contributed by atoms with Crippen LogP contribution in [0.15, 0.2) is 12.1 Å². The molecule has 2 aromatic rings. The van der Waals surface area contributed by atoms with Crippen LogP contribution in [0.5, 0.6) is 0 Å². The van der Waals surface area contributed by atoms with Gasteiger partial charge in [-0.05, 0) is 41.5 Å². The Kier molecular flexibility index (Phi) is 4.37. The molecule has 6 heteroatoms. The van der Waals surface area contributed by atoms with Crippen molar-refractivity contribution in [2.24, 2.45) is 7.05 Å². The first-order chi connectivity index (χ1) is 9.13. The van der Waals surface area contributed by atoms with E-state index in [4.69, 9.17) is 11.6 Å². The van der Waals surface area contributed by atoms with Gasteiger partial charge in [-0.1, -0.05) is 24.9 Å². The van der Waals surface area contributed by atoms with Crippen LogP contribution in [0.2, 0.25) is 5.02 Å². The van der Waals surface area contributed by atoms with Gasteiger partial charge in [0.15, 0.2) is 5.82 Å². The maximum absolute atomic E-state index is 6.20. The first-order valence-corrected chi connectivity index (χ1v) is 6.78. The fourth-order valence-corrected chi connectivity index (χ4v) is 2.03. The third-order valence-corrected chi connectivity index (χ3v) is 3.41. The Morgan fingerprint density at radius 3 is 2.79 bits per heavy atom. The van der Waals surface area contributed by atoms with Crippen LogP contribution in [0.4, 0.5) is 5.69 Å². The Bertz CT molecular complexity index is 564. The number of anilines is 1. The van der Waals surface area contributed by atoms with Gasteiger partial charge in [0.25, 0.3) is 0 Å². The second-order valence-corrected chi connectivity index (χ2v) is 4.96. The van der Waals surface area contributed by atoms with Crippen molar-refractivity contribution in [2.75, 3.05) is 11.9 Å². The predicted molar refractivity (Wildman–Crippen MR) is 77.4 cm³/mol. The lowest BCUT2D eigenvalue weighted by Crippen LogP contribution is -2.05. The van der Waals surface area contributed by atoms with E-state index < -0.39 is 0 Å². The lowest BCUT2D eigenvalue weighted by atomic mass is 10.1. The number of nitrogens with one attached hydrogen (secondary N) is 1. The topological polar surface area (TPSA) is 55.6 Å². The Balaban J connectivity index is 2.40. The van der Waals surface area contributed by atoms with E-state index in [1.807, 2.05) is 26.1 Å². The second kappa shape index (κ2) is 6.02. The van der Waals surface area contributed by atoms with Gasteiger partial charge >= 0.3 is 0 Å². The normalized spacial score (nSPS) is 10.7. The van der Waals surface area contributed by atoms with E-state index in [9.17, 15) is 0 Å². The Hall–Kier alpha value is -1.62. The zero-order chi connectivity index (χ0) is 13.8. The molecule has 0 unspecified atom stereocenters. The van der Waals surface area contributed by atoms with Crippen molar-refractivity contribution >= 4 is 17.3 Å². The molecule has 102 valence electrons. The van der Waals surface area contributed by atoms with Gasteiger partial charge in [0.2, 0.25) is 0 Å². The van der Waals surface area contributed by atoms with Crippen LogP contribution in [0.1, 0.15) is 25.3 Å². The number of halogens is 1. The van der Waals surface area contributed by atoms with E-state index in [0.717, 1.165) is 47.0 Å². The summed E-state index contributed by atoms with van der Waals surface area (Å²) in [4.78, 5) is 0. The molecule has 1 heterocycles. The van der Waals surface area contributed by atoms with Gasteiger partial charge in [0.1, 0.15) is 0 Å². The summed E-state index contributed by atoms with van der Waals surface area (Å²) >= 11 is 6.20. The number of aromatic nitrogens is 4. The smallest absolute Gasteiger partial charge is 0.183 e. The Morgan fingerprint density at radius 2 is 2.16 bits per heavy atom. The number of nitrogens with zero attached hydrogens (tertiary/aromatic N) is 4. The van der Waals surface area contributed by atoms with E-state index in [1.54, 1.807) is 4.68 Å². The summed E-state index contributed by atoms with van der Waals surface area (Å²) in [7, 11) is 1.83. The molecule has 2 rings (SSSR count). The van der Waals surface area contributed by atoms with Gasteiger partial charge in [-0.25, -0.2) is 4.68 Å². The number of hydrogen-bond donors (Lipinski definition) is 1. The third kappa shape index (κ3) is 3.04. The molecule has 19 heavy (non-hydrogen) atoms. The molecule has 0 bridgehead atoms. The van der Waals surface area contributed by atoms with Crippen molar-refractivity contribution in [3.05, 3.63) is 22.7 Å². The lowest BCUT2D eigenvalue weighted by Gasteiger charge is -2.13. The van der Waals surface area contributed by atoms with E-state index in [-0.39, 0.29) is 0 Å². The van der Waals surface area contributed by atoms with Crippen LogP contribution in [-0.4, -0.2) is 26.8 Å². The van der Waals surface area contributed by atoms with E-state index in [2.05, 4.69) is 27.8 Å². The van der Waals surface area contributed by atoms with Gasteiger partial charge in [0.05, 0.1) is 0 Å². The number of unbranched alkanes of at least 4 members (excludes halogenated alkanes) is 1. The van der Waals surface area contributed by atoms with Gasteiger partial charge in [-0.2, -0.15) is 0 Å². The molecule has 0 aliphatic carbocycles. The van der Waals surface area contributed by atoms with Crippen molar-refractivity contribution < 1.29 is 0 Å². The first-order valence-electron chi connectivity index (χ1n) is 6.40. The summed E-state index contributed by atoms with van der Waals surface area (Å²) in [6.45, 7) is 5.05. The number of benzene rings is 1. The minimum absolute atomic E-state index is 0.735. The van der Waals surface area contributed by atoms with Crippen LogP contribution in [-0.2, 0) is 7.05 Å². The molecular formula is C13H18ClN5. The molecular weight excluding hydrogens is 262 g/mol. The van der Waals surface area contributed by atoms with Crippen molar-refractivity contribution in [3.63, 3.8) is 0 Å². The van der Waals surface area contributed by atoms with E-state index in [0.29, 0.717) is 0 Å². The van der Waals surface area contributed by atoms with E-state index >= 15 is 0 Å². The SMILES string of the molecule is CCCCNc1cc(Cl)c(C)cc1-c1nnnn1C. The molecule has 0 radical (unpaired) electrons. The molecule has 5 nitrogen and oxygen atoms in total. The summed E-state index contributed by atoms with van der Waals surface area (Å²) in [5, 5.41) is 15.8. The maximum atomic E-state index is 6.20. The van der Waals surface area contributed by atoms with Crippen LogP contribution in [0.3, 0.4) is 0 Å². The summed E-state index contributed by atoms with van der Waals surface area (Å²) in [5.74, 6) is 0.735. The van der Waals surface area contributed by atoms with Crippen molar-refractivity contribution in [3.8, 4) is 11.4 Å². The average molecular weight is 280 g/mol. The molecule has 0 saturated carbocycles. The highest BCUT2D eigenvalue weighted by atomic mass is 35.5. The predicted octanol–water partition coefficient (Wildman–Crippen LogP) is 3.05. The van der Waals surface area contributed by atoms with Crippen LogP contribution in [0.25, 0.3) is 11.4 Å². The number of tetrazole rings is 1. The molecule has 1 N–H and O–H groups in total. The fourth-order valence-electron chi connectivity index (χ4n) is 1.87. The van der Waals surface area contributed by atoms with Crippen LogP contribution < -0.4 is 5.32 Å². The molecule has 0 aliphatic heterocycles. The molecule has 0 fully saturated rings. The summed E-state index contributed by atoms with van der Waals surface area (Å²) in [6.07, 6.45) is 2.26. The largest absolute Gasteiger partial charge is 0.384 e. The van der Waals surface area contributed by atoms with Crippen molar-refractivity contribution in [2.45, 2.75) is 26.7 Å². The molecule has 1 aromatic heterocycles. The van der Waals surface area contributed by atoms with E-state index in [1.165, 1.54) is 0 Å². The Morgan fingerprint density at radius 1 is 1.37 bits per heavy atom. The standard InChI is InChI=1S/C13H18ClN5/c1-4-5-6-15-12-8-11(14)9(2)7-10(12)13-16-17-18-19(13)3/h7-8,15H,4-6H2,1-3H3. The van der Waals surface area contributed by atoms with Crippen LogP contribution in [0, 0.1) is 6.92 Å². The number of rotatable bonds is 5. The third-order valence-electron chi connectivity index (χ3n) is 3.01. The zero-order valence-electron chi connectivity index (χ0n) is 11.4. The number of aryl methyl sites for hydroxylation is 2.